The van der Waals surface area contributed by atoms with Crippen molar-refractivity contribution in [3.63, 3.8) is 0 Å². The fraction of sp³-hybridized carbons (Fsp3) is 0.312. The second-order valence-electron chi connectivity index (χ2n) is 5.42. The summed E-state index contributed by atoms with van der Waals surface area (Å²) in [6, 6.07) is 7.76. The first-order chi connectivity index (χ1) is 11.1. The summed E-state index contributed by atoms with van der Waals surface area (Å²) in [7, 11) is 0. The van der Waals surface area contributed by atoms with Crippen LogP contribution in [-0.4, -0.2) is 29.0 Å². The number of carboxylic acid groups (broad SMARTS) is 1. The van der Waals surface area contributed by atoms with Crippen LogP contribution in [0.25, 0.3) is 0 Å². The number of nitrogens with one attached hydrogen (secondary N) is 1. The summed E-state index contributed by atoms with van der Waals surface area (Å²) in [6.07, 6.45) is 4.66. The van der Waals surface area contributed by atoms with Crippen LogP contribution in [0.2, 0.25) is 0 Å². The first kappa shape index (κ1) is 22.2. The summed E-state index contributed by atoms with van der Waals surface area (Å²) in [5, 5.41) is 25.1. The number of carbonyl (C=O) groups excluding carboxylic acids is 1. The smallest absolute Gasteiger partial charge is 0.858 e. The van der Waals surface area contributed by atoms with Crippen molar-refractivity contribution in [3.05, 3.63) is 36.0 Å². The summed E-state index contributed by atoms with van der Waals surface area (Å²) >= 11 is 0. The Labute approximate surface area is 190 Å². The van der Waals surface area contributed by atoms with Gasteiger partial charge < -0.3 is 25.2 Å². The van der Waals surface area contributed by atoms with Gasteiger partial charge in [-0.1, -0.05) is 0 Å². The zero-order valence-corrected chi connectivity index (χ0v) is 18.5. The first-order valence-corrected chi connectivity index (χ1v) is 7.51. The maximum atomic E-state index is 11.5. The molecule has 0 atom stereocenters. The Bertz CT molecular complexity index is 707. The van der Waals surface area contributed by atoms with E-state index in [0.29, 0.717) is 0 Å². The molecule has 1 aromatic heterocycles. The molecule has 1 fully saturated rings. The third-order valence-corrected chi connectivity index (χ3v) is 3.82. The Morgan fingerprint density at radius 1 is 1.08 bits per heavy atom. The topological polar surface area (TPSA) is 104 Å². The molecular formula is C16H16N4Na2O3. The number of hydrogen-bond acceptors (Lipinski definition) is 7. The number of nitrogens with zero attached hydrogens (tertiary/aromatic N) is 3. The van der Waals surface area contributed by atoms with Gasteiger partial charge >= 0.3 is 59.1 Å². The maximum absolute atomic E-state index is 11.5. The molecule has 0 amide bonds. The summed E-state index contributed by atoms with van der Waals surface area (Å²) in [5.41, 5.74) is 1.34. The number of aromatic nitrogens is 2. The van der Waals surface area contributed by atoms with Crippen LogP contribution in [-0.2, 0) is 0 Å². The van der Waals surface area contributed by atoms with Gasteiger partial charge in [-0.15, -0.1) is 0 Å². The molecule has 1 N–H and O–H groups in total. The average Bonchev–Trinajstić information content (AvgIpc) is 2.56. The van der Waals surface area contributed by atoms with E-state index in [-0.39, 0.29) is 65.1 Å². The van der Waals surface area contributed by atoms with Crippen molar-refractivity contribution in [2.24, 2.45) is 0 Å². The summed E-state index contributed by atoms with van der Waals surface area (Å²) in [6.45, 7) is 2.14. The normalized spacial score (nSPS) is 13.4. The Morgan fingerprint density at radius 2 is 1.72 bits per heavy atom. The van der Waals surface area contributed by atoms with Crippen molar-refractivity contribution < 1.29 is 74.1 Å². The number of aromatic carboxylic acids is 1. The molecule has 2 aromatic rings. The SMILES string of the molecule is O=C([O-])c1cnc(Nc2ccc(N3CCCCC3)cc2)nc1[O-].[Na+].[Na+]. The largest absolute Gasteiger partial charge is 1.00 e. The van der Waals surface area contributed by atoms with E-state index in [2.05, 4.69) is 20.2 Å². The number of benzene rings is 1. The van der Waals surface area contributed by atoms with Crippen LogP contribution >= 0.6 is 0 Å². The van der Waals surface area contributed by atoms with E-state index in [9.17, 15) is 15.0 Å². The molecule has 1 aliphatic rings. The minimum atomic E-state index is -1.58. The fourth-order valence-electron chi connectivity index (χ4n) is 2.60. The molecule has 1 aliphatic heterocycles. The van der Waals surface area contributed by atoms with E-state index in [1.807, 2.05) is 24.3 Å². The molecular weight excluding hydrogens is 342 g/mol. The predicted molar refractivity (Wildman–Crippen MR) is 81.6 cm³/mol. The van der Waals surface area contributed by atoms with Crippen molar-refractivity contribution in [1.29, 1.82) is 0 Å². The van der Waals surface area contributed by atoms with Crippen LogP contribution < -0.4 is 79.5 Å². The number of piperidine rings is 1. The molecule has 0 spiro atoms. The van der Waals surface area contributed by atoms with Gasteiger partial charge in [0.2, 0.25) is 5.95 Å². The van der Waals surface area contributed by atoms with E-state index in [1.54, 1.807) is 0 Å². The standard InChI is InChI=1S/C16H18N4O3.2Na/c21-14-13(15(22)23)10-17-16(19-14)18-11-4-6-12(7-5-11)20-8-2-1-3-9-20;;/h4-7,10H,1-3,8-9H2,(H,22,23)(H2,17,18,19,21);;/q;2*+1/p-2. The van der Waals surface area contributed by atoms with E-state index in [4.69, 9.17) is 0 Å². The molecule has 7 nitrogen and oxygen atoms in total. The number of carbonyl (C=O) groups is 1. The van der Waals surface area contributed by atoms with Gasteiger partial charge in [-0.2, -0.15) is 0 Å². The van der Waals surface area contributed by atoms with E-state index < -0.39 is 17.4 Å². The van der Waals surface area contributed by atoms with Gasteiger partial charge in [0.15, 0.2) is 0 Å². The van der Waals surface area contributed by atoms with Gasteiger partial charge in [0.1, 0.15) is 0 Å². The zero-order valence-electron chi connectivity index (χ0n) is 14.5. The molecule has 25 heavy (non-hydrogen) atoms. The molecule has 0 radical (unpaired) electrons. The molecule has 0 aliphatic carbocycles. The average molecular weight is 358 g/mol. The van der Waals surface area contributed by atoms with Gasteiger partial charge in [-0.3, -0.25) is 0 Å². The quantitative estimate of drug-likeness (QED) is 0.544. The Hall–Kier alpha value is -0.830. The molecule has 3 rings (SSSR count). The van der Waals surface area contributed by atoms with Crippen LogP contribution in [0.15, 0.2) is 30.5 Å². The number of anilines is 3. The second kappa shape index (κ2) is 10.4. The Balaban J connectivity index is 0.00000156. The van der Waals surface area contributed by atoms with Crippen LogP contribution in [0.5, 0.6) is 5.88 Å². The van der Waals surface area contributed by atoms with Crippen LogP contribution in [0.4, 0.5) is 17.3 Å². The monoisotopic (exact) mass is 358 g/mol. The molecule has 1 saturated heterocycles. The van der Waals surface area contributed by atoms with Gasteiger partial charge in [-0.05, 0) is 43.5 Å². The van der Waals surface area contributed by atoms with E-state index >= 15 is 0 Å². The van der Waals surface area contributed by atoms with Gasteiger partial charge in [-0.25, -0.2) is 9.97 Å². The molecule has 9 heteroatoms. The predicted octanol–water partition coefficient (Wildman–Crippen LogP) is -5.34. The molecule has 2 heterocycles. The van der Waals surface area contributed by atoms with Crippen molar-refractivity contribution in [2.45, 2.75) is 19.3 Å². The number of rotatable bonds is 4. The van der Waals surface area contributed by atoms with Gasteiger partial charge in [0.05, 0.1) is 5.97 Å². The molecule has 0 bridgehead atoms. The third kappa shape index (κ3) is 5.84. The number of hydrogen-bond donors (Lipinski definition) is 1. The zero-order chi connectivity index (χ0) is 16.2. The maximum Gasteiger partial charge on any atom is 1.00 e. The third-order valence-electron chi connectivity index (χ3n) is 3.82. The second-order valence-corrected chi connectivity index (χ2v) is 5.42. The summed E-state index contributed by atoms with van der Waals surface area (Å²) < 4.78 is 0. The van der Waals surface area contributed by atoms with Gasteiger partial charge in [0, 0.05) is 42.1 Å². The molecule has 0 saturated carbocycles. The van der Waals surface area contributed by atoms with Crippen LogP contribution in [0.1, 0.15) is 29.6 Å². The Morgan fingerprint density at radius 3 is 2.28 bits per heavy atom. The number of carboxylic acids is 1. The van der Waals surface area contributed by atoms with E-state index in [0.717, 1.165) is 30.7 Å². The summed E-state index contributed by atoms with van der Waals surface area (Å²) in [4.78, 5) is 20.4. The van der Waals surface area contributed by atoms with Crippen LogP contribution in [0, 0.1) is 0 Å². The minimum Gasteiger partial charge on any atom is -0.858 e. The van der Waals surface area contributed by atoms with Crippen LogP contribution in [0.3, 0.4) is 0 Å². The Kier molecular flexibility index (Phi) is 9.20. The van der Waals surface area contributed by atoms with Crippen molar-refractivity contribution in [1.82, 2.24) is 9.97 Å². The summed E-state index contributed by atoms with van der Waals surface area (Å²) in [5.74, 6) is -2.38. The fourth-order valence-corrected chi connectivity index (χ4v) is 2.60. The van der Waals surface area contributed by atoms with Gasteiger partial charge in [0.25, 0.3) is 0 Å². The van der Waals surface area contributed by atoms with Crippen molar-refractivity contribution in [3.8, 4) is 5.88 Å². The van der Waals surface area contributed by atoms with Crippen molar-refractivity contribution >= 4 is 23.3 Å². The van der Waals surface area contributed by atoms with E-state index in [1.165, 1.54) is 19.3 Å². The molecule has 0 unspecified atom stereocenters. The first-order valence-electron chi connectivity index (χ1n) is 7.51. The molecule has 120 valence electrons. The minimum absolute atomic E-state index is 0. The van der Waals surface area contributed by atoms with Crippen molar-refractivity contribution in [2.75, 3.05) is 23.3 Å². The molecule has 1 aromatic carbocycles.